The Kier molecular flexibility index (Phi) is 5.66. The van der Waals surface area contributed by atoms with Crippen LogP contribution in [0.2, 0.25) is 0 Å². The number of rotatable bonds is 5. The summed E-state index contributed by atoms with van der Waals surface area (Å²) in [5, 5.41) is 3.29. The van der Waals surface area contributed by atoms with Crippen LogP contribution in [0.3, 0.4) is 0 Å². The second-order valence-corrected chi connectivity index (χ2v) is 8.07. The van der Waals surface area contributed by atoms with E-state index in [1.165, 1.54) is 19.3 Å². The largest absolute Gasteiger partial charge is 0.313 e. The fraction of sp³-hybridized carbons (Fsp3) is 1.00. The normalized spacial score (nSPS) is 30.4. The molecule has 1 N–H and O–H groups in total. The average molecular weight is 288 g/mol. The molecule has 19 heavy (non-hydrogen) atoms. The molecule has 0 aromatic carbocycles. The molecule has 0 spiro atoms. The maximum Gasteiger partial charge on any atom is 0.215 e. The van der Waals surface area contributed by atoms with E-state index in [0.29, 0.717) is 5.75 Å². The molecule has 2 saturated heterocycles. The molecule has 2 unspecified atom stereocenters. The molecule has 0 amide bonds. The Morgan fingerprint density at radius 1 is 1.16 bits per heavy atom. The van der Waals surface area contributed by atoms with E-state index >= 15 is 0 Å². The fourth-order valence-corrected chi connectivity index (χ4v) is 5.17. The summed E-state index contributed by atoms with van der Waals surface area (Å²) in [4.78, 5) is 0. The zero-order chi connectivity index (χ0) is 13.7. The van der Waals surface area contributed by atoms with Gasteiger partial charge in [-0.05, 0) is 44.6 Å². The first-order valence-corrected chi connectivity index (χ1v) is 9.44. The second-order valence-electron chi connectivity index (χ2n) is 6.06. The molecule has 2 heterocycles. The van der Waals surface area contributed by atoms with Crippen molar-refractivity contribution >= 4 is 10.0 Å². The van der Waals surface area contributed by atoms with Gasteiger partial charge in [0.2, 0.25) is 10.0 Å². The molecule has 0 bridgehead atoms. The van der Waals surface area contributed by atoms with Crippen molar-refractivity contribution in [3.05, 3.63) is 0 Å². The van der Waals surface area contributed by atoms with Gasteiger partial charge in [0.1, 0.15) is 0 Å². The van der Waals surface area contributed by atoms with Crippen LogP contribution in [0.4, 0.5) is 0 Å². The SMILES string of the molecule is CCCC1CCCN(S(=O)(=O)CC2CCCN2)CC1. The zero-order valence-corrected chi connectivity index (χ0v) is 12.9. The number of hydrogen-bond donors (Lipinski definition) is 1. The number of sulfonamides is 1. The molecule has 112 valence electrons. The lowest BCUT2D eigenvalue weighted by atomic mass is 9.96. The highest BCUT2D eigenvalue weighted by molar-refractivity contribution is 7.89. The first-order valence-electron chi connectivity index (χ1n) is 7.83. The summed E-state index contributed by atoms with van der Waals surface area (Å²) in [6, 6.07) is 0.180. The molecule has 0 aromatic heterocycles. The minimum Gasteiger partial charge on any atom is -0.313 e. The second kappa shape index (κ2) is 7.04. The van der Waals surface area contributed by atoms with E-state index in [-0.39, 0.29) is 6.04 Å². The van der Waals surface area contributed by atoms with Crippen molar-refractivity contribution in [3.8, 4) is 0 Å². The van der Waals surface area contributed by atoms with Gasteiger partial charge < -0.3 is 5.32 Å². The first-order chi connectivity index (χ1) is 9.12. The minimum absolute atomic E-state index is 0.180. The smallest absolute Gasteiger partial charge is 0.215 e. The lowest BCUT2D eigenvalue weighted by Gasteiger charge is -2.22. The summed E-state index contributed by atoms with van der Waals surface area (Å²) in [7, 11) is -3.06. The van der Waals surface area contributed by atoms with Gasteiger partial charge in [0.25, 0.3) is 0 Å². The number of nitrogens with one attached hydrogen (secondary N) is 1. The van der Waals surface area contributed by atoms with Crippen molar-refractivity contribution in [3.63, 3.8) is 0 Å². The Bertz CT molecular complexity index is 364. The fourth-order valence-electron chi connectivity index (χ4n) is 3.37. The van der Waals surface area contributed by atoms with Crippen LogP contribution >= 0.6 is 0 Å². The van der Waals surface area contributed by atoms with Gasteiger partial charge in [-0.3, -0.25) is 0 Å². The summed E-state index contributed by atoms with van der Waals surface area (Å²) in [6.45, 7) is 4.65. The van der Waals surface area contributed by atoms with E-state index in [2.05, 4.69) is 12.2 Å². The highest BCUT2D eigenvalue weighted by atomic mass is 32.2. The van der Waals surface area contributed by atoms with Gasteiger partial charge >= 0.3 is 0 Å². The summed E-state index contributed by atoms with van der Waals surface area (Å²) >= 11 is 0. The van der Waals surface area contributed by atoms with Crippen LogP contribution in [-0.4, -0.2) is 44.2 Å². The maximum absolute atomic E-state index is 12.4. The topological polar surface area (TPSA) is 49.4 Å². The van der Waals surface area contributed by atoms with E-state index < -0.39 is 10.0 Å². The molecule has 2 rings (SSSR count). The van der Waals surface area contributed by atoms with Gasteiger partial charge in [0, 0.05) is 19.1 Å². The first kappa shape index (κ1) is 15.3. The summed E-state index contributed by atoms with van der Waals surface area (Å²) in [6.07, 6.45) is 7.85. The predicted octanol–water partition coefficient (Wildman–Crippen LogP) is 1.97. The molecule has 4 nitrogen and oxygen atoms in total. The molecule has 5 heteroatoms. The van der Waals surface area contributed by atoms with Gasteiger partial charge in [-0.1, -0.05) is 19.8 Å². The van der Waals surface area contributed by atoms with E-state index in [1.54, 1.807) is 4.31 Å². The lowest BCUT2D eigenvalue weighted by Crippen LogP contribution is -2.40. The van der Waals surface area contributed by atoms with Gasteiger partial charge in [0.05, 0.1) is 5.75 Å². The van der Waals surface area contributed by atoms with Crippen molar-refractivity contribution in [2.45, 2.75) is 57.9 Å². The standard InChI is InChI=1S/C14H28N2O2S/c1-2-5-13-6-4-10-16(11-8-13)19(17,18)12-14-7-3-9-15-14/h13-15H,2-12H2,1H3. The van der Waals surface area contributed by atoms with Crippen LogP contribution in [0, 0.1) is 5.92 Å². The average Bonchev–Trinajstić information content (AvgIpc) is 2.73. The van der Waals surface area contributed by atoms with E-state index in [4.69, 9.17) is 0 Å². The van der Waals surface area contributed by atoms with E-state index in [9.17, 15) is 8.42 Å². The van der Waals surface area contributed by atoms with Crippen LogP contribution in [0.25, 0.3) is 0 Å². The van der Waals surface area contributed by atoms with Crippen LogP contribution < -0.4 is 5.32 Å². The van der Waals surface area contributed by atoms with Crippen molar-refractivity contribution < 1.29 is 8.42 Å². The third-order valence-electron chi connectivity index (χ3n) is 4.47. The Labute approximate surface area is 118 Å². The molecule has 0 saturated carbocycles. The van der Waals surface area contributed by atoms with Gasteiger partial charge in [-0.15, -0.1) is 0 Å². The maximum atomic E-state index is 12.4. The van der Waals surface area contributed by atoms with E-state index in [1.807, 2.05) is 0 Å². The van der Waals surface area contributed by atoms with E-state index in [0.717, 1.165) is 51.2 Å². The molecular weight excluding hydrogens is 260 g/mol. The Hall–Kier alpha value is -0.130. The van der Waals surface area contributed by atoms with Crippen LogP contribution in [0.1, 0.15) is 51.9 Å². The van der Waals surface area contributed by atoms with Gasteiger partial charge in [-0.2, -0.15) is 0 Å². The third kappa shape index (κ3) is 4.43. The highest BCUT2D eigenvalue weighted by Gasteiger charge is 2.29. The lowest BCUT2D eigenvalue weighted by molar-refractivity contribution is 0.397. The van der Waals surface area contributed by atoms with Crippen molar-refractivity contribution in [2.75, 3.05) is 25.4 Å². The number of hydrogen-bond acceptors (Lipinski definition) is 3. The summed E-state index contributed by atoms with van der Waals surface area (Å²) in [5.74, 6) is 1.03. The van der Waals surface area contributed by atoms with Crippen LogP contribution in [0.15, 0.2) is 0 Å². The van der Waals surface area contributed by atoms with Crippen LogP contribution in [0.5, 0.6) is 0 Å². The molecule has 2 atom stereocenters. The molecule has 2 aliphatic rings. The quantitative estimate of drug-likeness (QED) is 0.841. The predicted molar refractivity (Wildman–Crippen MR) is 78.6 cm³/mol. The van der Waals surface area contributed by atoms with Crippen molar-refractivity contribution in [1.82, 2.24) is 9.62 Å². The van der Waals surface area contributed by atoms with Gasteiger partial charge in [-0.25, -0.2) is 12.7 Å². The third-order valence-corrected chi connectivity index (χ3v) is 6.45. The number of nitrogens with zero attached hydrogens (tertiary/aromatic N) is 1. The van der Waals surface area contributed by atoms with Crippen molar-refractivity contribution in [2.24, 2.45) is 5.92 Å². The Balaban J connectivity index is 1.88. The molecule has 0 radical (unpaired) electrons. The van der Waals surface area contributed by atoms with Crippen molar-refractivity contribution in [1.29, 1.82) is 0 Å². The molecule has 0 aliphatic carbocycles. The van der Waals surface area contributed by atoms with Gasteiger partial charge in [0.15, 0.2) is 0 Å². The minimum atomic E-state index is -3.06. The molecule has 2 aliphatic heterocycles. The molecular formula is C14H28N2O2S. The van der Waals surface area contributed by atoms with Crippen LogP contribution in [-0.2, 0) is 10.0 Å². The molecule has 2 fully saturated rings. The zero-order valence-electron chi connectivity index (χ0n) is 12.1. The Morgan fingerprint density at radius 2 is 2.00 bits per heavy atom. The summed E-state index contributed by atoms with van der Waals surface area (Å²) in [5.41, 5.74) is 0. The summed E-state index contributed by atoms with van der Waals surface area (Å²) < 4.78 is 26.6. The highest BCUT2D eigenvalue weighted by Crippen LogP contribution is 2.24. The molecule has 0 aromatic rings. The monoisotopic (exact) mass is 288 g/mol. The Morgan fingerprint density at radius 3 is 2.68 bits per heavy atom.